The predicted octanol–water partition coefficient (Wildman–Crippen LogP) is 5.01. The zero-order chi connectivity index (χ0) is 26.5. The van der Waals surface area contributed by atoms with Crippen molar-refractivity contribution in [1.29, 1.82) is 0 Å². The Morgan fingerprint density at radius 3 is 2.70 bits per heavy atom. The molecule has 0 bridgehead atoms. The highest BCUT2D eigenvalue weighted by molar-refractivity contribution is 7.20. The van der Waals surface area contributed by atoms with Crippen molar-refractivity contribution >= 4 is 61.4 Å². The molecule has 10 heteroatoms. The number of aliphatic hydroxyl groups excluding tert-OH is 1. The van der Waals surface area contributed by atoms with Crippen molar-refractivity contribution < 1.29 is 29.6 Å². The number of aliphatic carboxylic acids is 2. The zero-order valence-corrected chi connectivity index (χ0v) is 21.6. The monoisotopic (exact) mass is 542 g/mol. The van der Waals surface area contributed by atoms with Crippen LogP contribution in [0.3, 0.4) is 0 Å². The van der Waals surface area contributed by atoms with Crippen LogP contribution in [0, 0.1) is 5.92 Å². The first kappa shape index (κ1) is 26.7. The number of halogens is 1. The molecule has 8 nitrogen and oxygen atoms in total. The van der Waals surface area contributed by atoms with Crippen molar-refractivity contribution in [3.8, 4) is 5.75 Å². The number of carboxylic acids is 2. The van der Waals surface area contributed by atoms with E-state index >= 15 is 0 Å². The first-order valence-electron chi connectivity index (χ1n) is 11.7. The average Bonchev–Trinajstić information content (AvgIpc) is 3.51. The summed E-state index contributed by atoms with van der Waals surface area (Å²) in [4.78, 5) is 22.6. The van der Waals surface area contributed by atoms with E-state index < -0.39 is 18.0 Å². The first-order chi connectivity index (χ1) is 17.7. The minimum absolute atomic E-state index is 0.207. The summed E-state index contributed by atoms with van der Waals surface area (Å²) in [7, 11) is 0. The number of aliphatic hydroxyl groups is 1. The van der Waals surface area contributed by atoms with Crippen molar-refractivity contribution in [2.45, 2.75) is 25.5 Å². The lowest BCUT2D eigenvalue weighted by Gasteiger charge is -2.32. The molecule has 0 fully saturated rings. The molecule has 194 valence electrons. The summed E-state index contributed by atoms with van der Waals surface area (Å²) < 4.78 is 7.23. The van der Waals surface area contributed by atoms with Gasteiger partial charge in [0, 0.05) is 50.2 Å². The van der Waals surface area contributed by atoms with Gasteiger partial charge in [0.05, 0.1) is 6.10 Å². The van der Waals surface area contributed by atoms with Crippen molar-refractivity contribution in [3.05, 3.63) is 70.7 Å². The molecule has 0 amide bonds. The molecule has 3 atom stereocenters. The number of hydrogen-bond acceptors (Lipinski definition) is 6. The fourth-order valence-electron chi connectivity index (χ4n) is 4.42. The predicted molar refractivity (Wildman–Crippen MR) is 145 cm³/mol. The summed E-state index contributed by atoms with van der Waals surface area (Å²) in [6, 6.07) is 16.4. The SMILES string of the molecule is CC1NCC=C(c2cc3cc(Cl)ccc3s2)C1C[C@H](O)COc1cccc2[nH]ccc12.O=C(O)C(=O)O. The number of H-pyrrole nitrogens is 1. The van der Waals surface area contributed by atoms with Gasteiger partial charge in [-0.15, -0.1) is 11.3 Å². The normalized spacial score (nSPS) is 18.1. The molecule has 2 aromatic heterocycles. The lowest BCUT2D eigenvalue weighted by molar-refractivity contribution is -0.159. The summed E-state index contributed by atoms with van der Waals surface area (Å²) >= 11 is 7.97. The van der Waals surface area contributed by atoms with Crippen LogP contribution >= 0.6 is 22.9 Å². The van der Waals surface area contributed by atoms with E-state index in [0.29, 0.717) is 6.42 Å². The quantitative estimate of drug-likeness (QED) is 0.216. The number of hydrogen-bond donors (Lipinski definition) is 5. The van der Waals surface area contributed by atoms with Crippen LogP contribution in [0.25, 0.3) is 26.6 Å². The minimum Gasteiger partial charge on any atom is -0.490 e. The van der Waals surface area contributed by atoms with Gasteiger partial charge in [-0.2, -0.15) is 0 Å². The third-order valence-corrected chi connectivity index (χ3v) is 7.62. The highest BCUT2D eigenvalue weighted by Gasteiger charge is 2.29. The maximum atomic E-state index is 10.8. The summed E-state index contributed by atoms with van der Waals surface area (Å²) in [5.74, 6) is -2.64. The van der Waals surface area contributed by atoms with Crippen LogP contribution in [0.5, 0.6) is 5.75 Å². The van der Waals surface area contributed by atoms with Crippen LogP contribution in [-0.2, 0) is 9.59 Å². The number of fused-ring (bicyclic) bond motifs is 2. The third-order valence-electron chi connectivity index (χ3n) is 6.22. The van der Waals surface area contributed by atoms with E-state index in [1.54, 1.807) is 11.3 Å². The molecule has 5 N–H and O–H groups in total. The number of nitrogens with one attached hydrogen (secondary N) is 2. The second-order valence-electron chi connectivity index (χ2n) is 8.76. The molecular formula is C27H27ClN2O6S. The Hall–Kier alpha value is -3.37. The van der Waals surface area contributed by atoms with Crippen LogP contribution < -0.4 is 10.1 Å². The number of aromatic nitrogens is 1. The zero-order valence-electron chi connectivity index (χ0n) is 20.0. The largest absolute Gasteiger partial charge is 0.490 e. The van der Waals surface area contributed by atoms with Crippen LogP contribution in [0.2, 0.25) is 5.02 Å². The minimum atomic E-state index is -1.82. The van der Waals surface area contributed by atoms with Crippen molar-refractivity contribution in [3.63, 3.8) is 0 Å². The van der Waals surface area contributed by atoms with Gasteiger partial charge in [-0.3, -0.25) is 0 Å². The van der Waals surface area contributed by atoms with Gasteiger partial charge in [0.1, 0.15) is 12.4 Å². The molecule has 2 unspecified atom stereocenters. The summed E-state index contributed by atoms with van der Waals surface area (Å²) in [6.07, 6.45) is 4.23. The summed E-state index contributed by atoms with van der Waals surface area (Å²) in [5, 5.41) is 32.1. The van der Waals surface area contributed by atoms with E-state index in [1.807, 2.05) is 42.6 Å². The molecule has 3 heterocycles. The Bertz CT molecular complexity index is 1430. The Labute approximate surface area is 222 Å². The van der Waals surface area contributed by atoms with E-state index in [9.17, 15) is 5.11 Å². The fraction of sp³-hybridized carbons (Fsp3) is 0.259. The van der Waals surface area contributed by atoms with Gasteiger partial charge in [-0.25, -0.2) is 9.59 Å². The number of benzene rings is 2. The van der Waals surface area contributed by atoms with Gasteiger partial charge in [-0.1, -0.05) is 23.7 Å². The third kappa shape index (κ3) is 6.50. The second-order valence-corrected chi connectivity index (χ2v) is 10.3. The van der Waals surface area contributed by atoms with E-state index in [2.05, 4.69) is 35.4 Å². The summed E-state index contributed by atoms with van der Waals surface area (Å²) in [5.41, 5.74) is 2.34. The van der Waals surface area contributed by atoms with E-state index in [1.165, 1.54) is 20.5 Å². The Kier molecular flexibility index (Phi) is 8.50. The number of carboxylic acid groups (broad SMARTS) is 2. The molecule has 4 aromatic rings. The Morgan fingerprint density at radius 2 is 1.95 bits per heavy atom. The van der Waals surface area contributed by atoms with Gasteiger partial charge in [-0.05, 0) is 66.8 Å². The number of rotatable bonds is 6. The van der Waals surface area contributed by atoms with E-state index in [-0.39, 0.29) is 18.6 Å². The lowest BCUT2D eigenvalue weighted by atomic mass is 9.84. The van der Waals surface area contributed by atoms with Gasteiger partial charge >= 0.3 is 11.9 Å². The van der Waals surface area contributed by atoms with Crippen molar-refractivity contribution in [2.75, 3.05) is 13.2 Å². The highest BCUT2D eigenvalue weighted by atomic mass is 35.5. The van der Waals surface area contributed by atoms with Crippen LogP contribution in [0.15, 0.2) is 60.8 Å². The van der Waals surface area contributed by atoms with E-state index in [0.717, 1.165) is 28.2 Å². The van der Waals surface area contributed by atoms with Crippen LogP contribution in [-0.4, -0.2) is 57.5 Å². The first-order valence-corrected chi connectivity index (χ1v) is 12.9. The molecule has 0 radical (unpaired) electrons. The molecule has 5 rings (SSSR count). The molecule has 1 aliphatic heterocycles. The van der Waals surface area contributed by atoms with Gasteiger partial charge in [0.2, 0.25) is 0 Å². The maximum Gasteiger partial charge on any atom is 0.414 e. The summed E-state index contributed by atoms with van der Waals surface area (Å²) in [6.45, 7) is 3.29. The van der Waals surface area contributed by atoms with Crippen LogP contribution in [0.4, 0.5) is 0 Å². The van der Waals surface area contributed by atoms with Gasteiger partial charge in [0.25, 0.3) is 0 Å². The number of aromatic amines is 1. The second kappa shape index (κ2) is 11.8. The van der Waals surface area contributed by atoms with Gasteiger partial charge < -0.3 is 30.4 Å². The number of thiophene rings is 1. The van der Waals surface area contributed by atoms with E-state index in [4.69, 9.17) is 36.1 Å². The lowest BCUT2D eigenvalue weighted by Crippen LogP contribution is -2.40. The standard InChI is InChI=1S/C25H25ClN2O2S.C2H2O4/c1-15-21(13-18(29)14-30-23-4-2-3-22-20(23)8-10-28-22)19(7-9-27-15)25-12-16-11-17(26)5-6-24(16)31-25;3-1(4)2(5)6/h2-8,10-12,15,18,21,27-29H,9,13-14H2,1H3;(H,3,4)(H,5,6)/t15?,18-,21?;/m0./s1. The van der Waals surface area contributed by atoms with Gasteiger partial charge in [0.15, 0.2) is 0 Å². The highest BCUT2D eigenvalue weighted by Crippen LogP contribution is 2.39. The topological polar surface area (TPSA) is 132 Å². The maximum absolute atomic E-state index is 10.8. The molecule has 1 aliphatic rings. The number of carbonyl (C=O) groups is 2. The molecule has 0 saturated carbocycles. The molecule has 0 aliphatic carbocycles. The molecule has 2 aromatic carbocycles. The van der Waals surface area contributed by atoms with Crippen molar-refractivity contribution in [1.82, 2.24) is 10.3 Å². The number of ether oxygens (including phenoxy) is 1. The fourth-order valence-corrected chi connectivity index (χ4v) is 5.75. The smallest absolute Gasteiger partial charge is 0.414 e. The van der Waals surface area contributed by atoms with Crippen LogP contribution in [0.1, 0.15) is 18.2 Å². The average molecular weight is 543 g/mol. The Morgan fingerprint density at radius 1 is 1.16 bits per heavy atom. The van der Waals surface area contributed by atoms with Crippen molar-refractivity contribution in [2.24, 2.45) is 5.92 Å². The molecule has 37 heavy (non-hydrogen) atoms. The molecule has 0 saturated heterocycles. The Balaban J connectivity index is 0.000000480. The molecule has 0 spiro atoms. The molecular weight excluding hydrogens is 516 g/mol.